The van der Waals surface area contributed by atoms with E-state index in [1.807, 2.05) is 34.1 Å². The number of rotatable bonds is 7. The van der Waals surface area contributed by atoms with E-state index in [9.17, 15) is 17.6 Å². The number of nitrogens with zero attached hydrogens (tertiary/aromatic N) is 2. The summed E-state index contributed by atoms with van der Waals surface area (Å²) in [5.74, 6) is -0.227. The van der Waals surface area contributed by atoms with Gasteiger partial charge in [-0.3, -0.25) is 4.90 Å². The van der Waals surface area contributed by atoms with Gasteiger partial charge in [0, 0.05) is 30.9 Å². The molecule has 2 saturated heterocycles. The molecule has 4 rings (SSSR count). The maximum absolute atomic E-state index is 14.8. The Balaban J connectivity index is 1.56. The van der Waals surface area contributed by atoms with Crippen LogP contribution in [0.25, 0.3) is 0 Å². The van der Waals surface area contributed by atoms with Crippen molar-refractivity contribution in [3.05, 3.63) is 59.4 Å². The molecule has 0 saturated carbocycles. The number of methoxy groups -OCH3 is 2. The minimum Gasteiger partial charge on any atom is -0.497 e. The number of hydrogen-bond donors (Lipinski definition) is 0. The van der Waals surface area contributed by atoms with Crippen molar-refractivity contribution >= 4 is 21.5 Å². The second-order valence-electron chi connectivity index (χ2n) is 7.73. The molecule has 0 radical (unpaired) electrons. The van der Waals surface area contributed by atoms with E-state index in [1.165, 1.54) is 13.2 Å². The minimum atomic E-state index is -3.00. The van der Waals surface area contributed by atoms with Crippen LogP contribution in [0, 0.1) is 5.82 Å². The van der Waals surface area contributed by atoms with Crippen LogP contribution >= 0.6 is 0 Å². The number of epoxide rings is 1. The normalized spacial score (nSPS) is 22.2. The largest absolute Gasteiger partial charge is 0.497 e. The van der Waals surface area contributed by atoms with Gasteiger partial charge in [-0.25, -0.2) is 17.6 Å². The topological polar surface area (TPSA) is 88.7 Å². The lowest BCUT2D eigenvalue weighted by molar-refractivity contribution is 0.0600. The molecule has 0 N–H and O–H groups in total. The van der Waals surface area contributed by atoms with E-state index >= 15 is 0 Å². The number of anilines is 1. The third-order valence-electron chi connectivity index (χ3n) is 5.71. The molecule has 0 amide bonds. The van der Waals surface area contributed by atoms with Gasteiger partial charge in [-0.15, -0.1) is 0 Å². The fourth-order valence-electron chi connectivity index (χ4n) is 3.78. The molecule has 32 heavy (non-hydrogen) atoms. The fourth-order valence-corrected chi connectivity index (χ4v) is 5.01. The molecule has 0 aromatic heterocycles. The van der Waals surface area contributed by atoms with Crippen LogP contribution in [-0.4, -0.2) is 70.6 Å². The predicted molar refractivity (Wildman–Crippen MR) is 116 cm³/mol. The monoisotopic (exact) mass is 464 g/mol. The molecule has 10 heteroatoms. The number of halogens is 1. The average Bonchev–Trinajstić information content (AvgIpc) is 3.58. The van der Waals surface area contributed by atoms with Crippen LogP contribution in [0.1, 0.15) is 15.9 Å². The maximum Gasteiger partial charge on any atom is 0.337 e. The van der Waals surface area contributed by atoms with Gasteiger partial charge in [-0.2, -0.15) is 0 Å². The van der Waals surface area contributed by atoms with Gasteiger partial charge in [-0.05, 0) is 36.4 Å². The molecule has 2 heterocycles. The Bertz CT molecular complexity index is 1080. The van der Waals surface area contributed by atoms with Crippen molar-refractivity contribution in [1.29, 1.82) is 0 Å². The van der Waals surface area contributed by atoms with Crippen molar-refractivity contribution in [1.82, 2.24) is 4.90 Å². The molecule has 0 spiro atoms. The summed E-state index contributed by atoms with van der Waals surface area (Å²) in [6.07, 6.45) is -0.631. The standard InChI is InChI=1S/C22H25FN2O6S/c1-29-18-7-5-17(6-8-18)25(14-16-4-3-15(13-19(16)23)22(26)30-2)21-20(31-21)24-9-11-32(27,28)12-10-24/h3-8,13,20-21H,9-12,14H2,1-2H3. The second-order valence-corrected chi connectivity index (χ2v) is 10.0. The lowest BCUT2D eigenvalue weighted by Gasteiger charge is -2.28. The van der Waals surface area contributed by atoms with Gasteiger partial charge in [-0.1, -0.05) is 6.07 Å². The molecule has 2 aliphatic rings. The van der Waals surface area contributed by atoms with Gasteiger partial charge < -0.3 is 19.1 Å². The van der Waals surface area contributed by atoms with Crippen LogP contribution in [0.15, 0.2) is 42.5 Å². The minimum absolute atomic E-state index is 0.103. The van der Waals surface area contributed by atoms with E-state index in [0.29, 0.717) is 24.4 Å². The Morgan fingerprint density at radius 3 is 2.44 bits per heavy atom. The van der Waals surface area contributed by atoms with Gasteiger partial charge in [0.05, 0.1) is 31.3 Å². The highest BCUT2D eigenvalue weighted by atomic mass is 32.2. The summed E-state index contributed by atoms with van der Waals surface area (Å²) >= 11 is 0. The third-order valence-corrected chi connectivity index (χ3v) is 7.32. The van der Waals surface area contributed by atoms with Gasteiger partial charge in [0.25, 0.3) is 0 Å². The average molecular weight is 465 g/mol. The summed E-state index contributed by atoms with van der Waals surface area (Å²) in [6.45, 7) is 1.01. The Morgan fingerprint density at radius 2 is 1.84 bits per heavy atom. The van der Waals surface area contributed by atoms with E-state index < -0.39 is 21.6 Å². The van der Waals surface area contributed by atoms with Crippen molar-refractivity contribution in [3.8, 4) is 5.75 Å². The number of esters is 1. The lowest BCUT2D eigenvalue weighted by atomic mass is 10.1. The number of carbonyl (C=O) groups excluding carboxylic acids is 1. The van der Waals surface area contributed by atoms with Crippen LogP contribution in [-0.2, 0) is 25.9 Å². The van der Waals surface area contributed by atoms with Gasteiger partial charge in [0.1, 0.15) is 11.6 Å². The molecule has 0 aliphatic carbocycles. The molecule has 2 unspecified atom stereocenters. The quantitative estimate of drug-likeness (QED) is 0.454. The van der Waals surface area contributed by atoms with E-state index in [2.05, 4.69) is 4.74 Å². The van der Waals surface area contributed by atoms with Crippen molar-refractivity contribution in [2.24, 2.45) is 0 Å². The fraction of sp³-hybridized carbons (Fsp3) is 0.409. The van der Waals surface area contributed by atoms with E-state index in [1.54, 1.807) is 13.2 Å². The first-order valence-corrected chi connectivity index (χ1v) is 12.0. The molecule has 2 atom stereocenters. The molecule has 172 valence electrons. The predicted octanol–water partition coefficient (Wildman–Crippen LogP) is 2.04. The van der Waals surface area contributed by atoms with Crippen LogP contribution < -0.4 is 9.64 Å². The molecule has 8 nitrogen and oxygen atoms in total. The number of benzene rings is 2. The first kappa shape index (κ1) is 22.5. The summed E-state index contributed by atoms with van der Waals surface area (Å²) in [7, 11) is -0.174. The zero-order valence-corrected chi connectivity index (χ0v) is 18.7. The van der Waals surface area contributed by atoms with Crippen LogP contribution in [0.2, 0.25) is 0 Å². The first-order chi connectivity index (χ1) is 15.3. The van der Waals surface area contributed by atoms with Crippen LogP contribution in [0.4, 0.5) is 10.1 Å². The molecule has 0 bridgehead atoms. The van der Waals surface area contributed by atoms with Crippen molar-refractivity contribution < 1.29 is 31.8 Å². The Morgan fingerprint density at radius 1 is 1.16 bits per heavy atom. The van der Waals surface area contributed by atoms with Crippen molar-refractivity contribution in [2.75, 3.05) is 43.7 Å². The zero-order chi connectivity index (χ0) is 22.9. The van der Waals surface area contributed by atoms with Gasteiger partial charge in [0.15, 0.2) is 22.3 Å². The lowest BCUT2D eigenvalue weighted by Crippen LogP contribution is -2.44. The summed E-state index contributed by atoms with van der Waals surface area (Å²) < 4.78 is 54.1. The Kier molecular flexibility index (Phi) is 6.36. The SMILES string of the molecule is COC(=O)c1ccc(CN(c2ccc(OC)cc2)C2OC2N2CCS(=O)(=O)CC2)c(F)c1. The molecular formula is C22H25FN2O6S. The summed E-state index contributed by atoms with van der Waals surface area (Å²) in [5, 5.41) is 0. The highest BCUT2D eigenvalue weighted by Gasteiger charge is 2.49. The Hall–Kier alpha value is -2.69. The Labute approximate surface area is 186 Å². The van der Waals surface area contributed by atoms with E-state index in [-0.39, 0.29) is 36.1 Å². The summed E-state index contributed by atoms with van der Waals surface area (Å²) in [4.78, 5) is 15.6. The zero-order valence-electron chi connectivity index (χ0n) is 17.9. The molecular weight excluding hydrogens is 439 g/mol. The molecule has 2 aromatic rings. The maximum atomic E-state index is 14.8. The van der Waals surface area contributed by atoms with Crippen LogP contribution in [0.3, 0.4) is 0 Å². The highest BCUT2D eigenvalue weighted by molar-refractivity contribution is 7.91. The smallest absolute Gasteiger partial charge is 0.337 e. The number of sulfone groups is 1. The number of hydrogen-bond acceptors (Lipinski definition) is 8. The number of ether oxygens (including phenoxy) is 3. The van der Waals surface area contributed by atoms with E-state index in [4.69, 9.17) is 9.47 Å². The second kappa shape index (κ2) is 9.05. The molecule has 2 aliphatic heterocycles. The molecule has 2 fully saturated rings. The van der Waals surface area contributed by atoms with Crippen molar-refractivity contribution in [2.45, 2.75) is 19.0 Å². The summed E-state index contributed by atoms with van der Waals surface area (Å²) in [5.41, 5.74) is 1.34. The van der Waals surface area contributed by atoms with Gasteiger partial charge in [0.2, 0.25) is 0 Å². The van der Waals surface area contributed by atoms with Crippen LogP contribution in [0.5, 0.6) is 5.75 Å². The summed E-state index contributed by atoms with van der Waals surface area (Å²) in [6, 6.07) is 11.6. The third kappa shape index (κ3) is 4.87. The van der Waals surface area contributed by atoms with E-state index in [0.717, 1.165) is 11.8 Å². The molecule has 2 aromatic carbocycles. The van der Waals surface area contributed by atoms with Crippen molar-refractivity contribution in [3.63, 3.8) is 0 Å². The van der Waals surface area contributed by atoms with Gasteiger partial charge >= 0.3 is 5.97 Å². The number of carbonyl (C=O) groups is 1. The first-order valence-electron chi connectivity index (χ1n) is 10.2. The highest BCUT2D eigenvalue weighted by Crippen LogP contribution is 2.36.